The van der Waals surface area contributed by atoms with Gasteiger partial charge in [-0.1, -0.05) is 11.6 Å². The van der Waals surface area contributed by atoms with Gasteiger partial charge in [-0.25, -0.2) is 0 Å². The number of anilines is 2. The third kappa shape index (κ3) is 4.80. The van der Waals surface area contributed by atoms with E-state index in [1.54, 1.807) is 60.5 Å². The molecule has 0 aliphatic carbocycles. The Kier molecular flexibility index (Phi) is 6.16. The maximum atomic E-state index is 12.2. The Labute approximate surface area is 167 Å². The second kappa shape index (κ2) is 8.75. The molecular weight excluding hydrogens is 382 g/mol. The van der Waals surface area contributed by atoms with Gasteiger partial charge in [-0.3, -0.25) is 14.4 Å². The Hall–Kier alpha value is -3.06. The van der Waals surface area contributed by atoms with Crippen LogP contribution in [0, 0.1) is 5.92 Å². The van der Waals surface area contributed by atoms with Crippen LogP contribution in [0.2, 0.25) is 5.02 Å². The second-order valence-electron chi connectivity index (χ2n) is 6.36. The standard InChI is InChI=1S/C20H20ClN3O4/c1-22-20(27)13-10-19(26)24(11-13)16-6-8-17(9-7-16)28-12-18(25)23-15-4-2-14(21)3-5-15/h2-9,13H,10-12H2,1H3,(H,22,27)(H,23,25)/t13-/m1/s1. The van der Waals surface area contributed by atoms with E-state index < -0.39 is 0 Å². The minimum atomic E-state index is -0.343. The Balaban J connectivity index is 1.53. The van der Waals surface area contributed by atoms with E-state index in [9.17, 15) is 14.4 Å². The van der Waals surface area contributed by atoms with Crippen LogP contribution in [-0.2, 0) is 14.4 Å². The molecule has 1 aliphatic heterocycles. The molecule has 1 aliphatic rings. The number of carbonyl (C=O) groups excluding carboxylic acids is 3. The number of hydrogen-bond acceptors (Lipinski definition) is 4. The highest BCUT2D eigenvalue weighted by Crippen LogP contribution is 2.27. The number of rotatable bonds is 6. The minimum Gasteiger partial charge on any atom is -0.484 e. The number of amides is 3. The van der Waals surface area contributed by atoms with Gasteiger partial charge < -0.3 is 20.3 Å². The second-order valence-corrected chi connectivity index (χ2v) is 6.79. The number of nitrogens with zero attached hydrogens (tertiary/aromatic N) is 1. The molecule has 0 radical (unpaired) electrons. The Morgan fingerprint density at radius 1 is 1.14 bits per heavy atom. The minimum absolute atomic E-state index is 0.0930. The number of hydrogen-bond donors (Lipinski definition) is 2. The quantitative estimate of drug-likeness (QED) is 0.778. The van der Waals surface area contributed by atoms with E-state index in [0.29, 0.717) is 28.7 Å². The lowest BCUT2D eigenvalue weighted by molar-refractivity contribution is -0.125. The summed E-state index contributed by atoms with van der Waals surface area (Å²) in [6.07, 6.45) is 0.197. The molecular formula is C20H20ClN3O4. The summed E-state index contributed by atoms with van der Waals surface area (Å²) in [4.78, 5) is 37.4. The molecule has 1 atom stereocenters. The van der Waals surface area contributed by atoms with Gasteiger partial charge in [0.2, 0.25) is 11.8 Å². The van der Waals surface area contributed by atoms with Crippen molar-refractivity contribution < 1.29 is 19.1 Å². The van der Waals surface area contributed by atoms with E-state index in [-0.39, 0.29) is 36.7 Å². The zero-order valence-corrected chi connectivity index (χ0v) is 16.0. The SMILES string of the molecule is CNC(=O)[C@@H]1CC(=O)N(c2ccc(OCC(=O)Nc3ccc(Cl)cc3)cc2)C1. The molecule has 3 rings (SSSR count). The lowest BCUT2D eigenvalue weighted by Gasteiger charge is -2.17. The Morgan fingerprint density at radius 3 is 2.46 bits per heavy atom. The monoisotopic (exact) mass is 401 g/mol. The van der Waals surface area contributed by atoms with Crippen molar-refractivity contribution in [2.75, 3.05) is 30.4 Å². The number of halogens is 1. The third-order valence-electron chi connectivity index (χ3n) is 4.39. The zero-order chi connectivity index (χ0) is 20.1. The number of benzene rings is 2. The van der Waals surface area contributed by atoms with Crippen LogP contribution in [0.4, 0.5) is 11.4 Å². The van der Waals surface area contributed by atoms with E-state index in [2.05, 4.69) is 10.6 Å². The summed E-state index contributed by atoms with van der Waals surface area (Å²) >= 11 is 5.81. The first kappa shape index (κ1) is 19.7. The topological polar surface area (TPSA) is 87.7 Å². The molecule has 1 fully saturated rings. The predicted molar refractivity (Wildman–Crippen MR) is 107 cm³/mol. The molecule has 146 valence electrons. The Bertz CT molecular complexity index is 868. The molecule has 0 unspecified atom stereocenters. The van der Waals surface area contributed by atoms with Crippen LogP contribution in [0.25, 0.3) is 0 Å². The summed E-state index contributed by atoms with van der Waals surface area (Å²) in [6.45, 7) is 0.200. The highest BCUT2D eigenvalue weighted by atomic mass is 35.5. The number of nitrogens with one attached hydrogen (secondary N) is 2. The summed E-state index contributed by atoms with van der Waals surface area (Å²) in [5.74, 6) is -0.365. The van der Waals surface area contributed by atoms with Crippen molar-refractivity contribution in [3.63, 3.8) is 0 Å². The van der Waals surface area contributed by atoms with Gasteiger partial charge in [0.1, 0.15) is 5.75 Å². The van der Waals surface area contributed by atoms with Crippen LogP contribution in [0.3, 0.4) is 0 Å². The van der Waals surface area contributed by atoms with Crippen LogP contribution in [-0.4, -0.2) is 37.9 Å². The van der Waals surface area contributed by atoms with Gasteiger partial charge in [0.05, 0.1) is 5.92 Å². The zero-order valence-electron chi connectivity index (χ0n) is 15.3. The fourth-order valence-electron chi connectivity index (χ4n) is 2.94. The maximum absolute atomic E-state index is 12.2. The molecule has 0 saturated carbocycles. The molecule has 1 heterocycles. The van der Waals surface area contributed by atoms with Gasteiger partial charge in [-0.2, -0.15) is 0 Å². The van der Waals surface area contributed by atoms with E-state index in [0.717, 1.165) is 0 Å². The van der Waals surface area contributed by atoms with Crippen molar-refractivity contribution in [2.24, 2.45) is 5.92 Å². The Morgan fingerprint density at radius 2 is 1.82 bits per heavy atom. The average Bonchev–Trinajstić information content (AvgIpc) is 3.09. The fourth-order valence-corrected chi connectivity index (χ4v) is 3.06. The molecule has 7 nitrogen and oxygen atoms in total. The molecule has 2 N–H and O–H groups in total. The molecule has 8 heteroatoms. The molecule has 2 aromatic rings. The van der Waals surface area contributed by atoms with Crippen molar-refractivity contribution in [2.45, 2.75) is 6.42 Å². The lowest BCUT2D eigenvalue weighted by atomic mass is 10.1. The lowest BCUT2D eigenvalue weighted by Crippen LogP contribution is -2.30. The van der Waals surface area contributed by atoms with Crippen molar-refractivity contribution in [1.82, 2.24) is 5.32 Å². The third-order valence-corrected chi connectivity index (χ3v) is 4.64. The van der Waals surface area contributed by atoms with E-state index in [1.165, 1.54) is 0 Å². The largest absolute Gasteiger partial charge is 0.484 e. The maximum Gasteiger partial charge on any atom is 0.262 e. The van der Waals surface area contributed by atoms with E-state index >= 15 is 0 Å². The van der Waals surface area contributed by atoms with Crippen molar-refractivity contribution >= 4 is 40.7 Å². The first-order chi connectivity index (χ1) is 13.5. The van der Waals surface area contributed by atoms with E-state index in [1.807, 2.05) is 0 Å². The van der Waals surface area contributed by atoms with Gasteiger partial charge in [0.25, 0.3) is 5.91 Å². The predicted octanol–water partition coefficient (Wildman–Crippen LogP) is 2.46. The average molecular weight is 402 g/mol. The van der Waals surface area contributed by atoms with Crippen molar-refractivity contribution in [3.8, 4) is 5.75 Å². The van der Waals surface area contributed by atoms with Gasteiger partial charge >= 0.3 is 0 Å². The number of ether oxygens (including phenoxy) is 1. The molecule has 2 aromatic carbocycles. The van der Waals surface area contributed by atoms with Gasteiger partial charge in [0.15, 0.2) is 6.61 Å². The van der Waals surface area contributed by atoms with Gasteiger partial charge in [-0.05, 0) is 48.5 Å². The molecule has 1 saturated heterocycles. The van der Waals surface area contributed by atoms with Crippen molar-refractivity contribution in [1.29, 1.82) is 0 Å². The highest BCUT2D eigenvalue weighted by molar-refractivity contribution is 6.30. The summed E-state index contributed by atoms with van der Waals surface area (Å²) in [5.41, 5.74) is 1.32. The molecule has 28 heavy (non-hydrogen) atoms. The van der Waals surface area contributed by atoms with Gasteiger partial charge in [0, 0.05) is 36.4 Å². The molecule has 0 bridgehead atoms. The van der Waals surface area contributed by atoms with Crippen LogP contribution >= 0.6 is 11.6 Å². The summed E-state index contributed by atoms with van der Waals surface area (Å²) in [6, 6.07) is 13.6. The van der Waals surface area contributed by atoms with Crippen LogP contribution < -0.4 is 20.3 Å². The van der Waals surface area contributed by atoms with Crippen LogP contribution in [0.1, 0.15) is 6.42 Å². The number of carbonyl (C=O) groups is 3. The first-order valence-electron chi connectivity index (χ1n) is 8.76. The molecule has 3 amide bonds. The normalized spacial score (nSPS) is 16.0. The van der Waals surface area contributed by atoms with Crippen molar-refractivity contribution in [3.05, 3.63) is 53.6 Å². The summed E-state index contributed by atoms with van der Waals surface area (Å²) in [7, 11) is 1.56. The van der Waals surface area contributed by atoms with Crippen LogP contribution in [0.5, 0.6) is 5.75 Å². The summed E-state index contributed by atoms with van der Waals surface area (Å²) < 4.78 is 5.48. The molecule has 0 spiro atoms. The fraction of sp³-hybridized carbons (Fsp3) is 0.250. The smallest absolute Gasteiger partial charge is 0.262 e. The summed E-state index contributed by atoms with van der Waals surface area (Å²) in [5, 5.41) is 5.87. The van der Waals surface area contributed by atoms with Crippen LogP contribution in [0.15, 0.2) is 48.5 Å². The molecule has 0 aromatic heterocycles. The van der Waals surface area contributed by atoms with E-state index in [4.69, 9.17) is 16.3 Å². The van der Waals surface area contributed by atoms with Gasteiger partial charge in [-0.15, -0.1) is 0 Å². The first-order valence-corrected chi connectivity index (χ1v) is 9.14. The highest BCUT2D eigenvalue weighted by Gasteiger charge is 2.34.